The molecular weight excluding hydrogens is 282 g/mol. The Hall–Kier alpha value is -1.02. The lowest BCUT2D eigenvalue weighted by Gasteiger charge is -2.52. The molecule has 2 aliphatic carbocycles. The molecule has 0 spiro atoms. The largest absolute Gasteiger partial charge is 0.508 e. The highest BCUT2D eigenvalue weighted by Crippen LogP contribution is 2.54. The highest BCUT2D eigenvalue weighted by atomic mass is 16.3. The minimum absolute atomic E-state index is 0.282. The van der Waals surface area contributed by atoms with Crippen LogP contribution in [0.25, 0.3) is 0 Å². The summed E-state index contributed by atoms with van der Waals surface area (Å²) in [5.74, 6) is 1.98. The molecule has 128 valence electrons. The van der Waals surface area contributed by atoms with E-state index >= 15 is 0 Å². The van der Waals surface area contributed by atoms with E-state index in [1.54, 1.807) is 0 Å². The van der Waals surface area contributed by atoms with Crippen molar-refractivity contribution in [1.82, 2.24) is 5.32 Å². The zero-order valence-corrected chi connectivity index (χ0v) is 15.1. The monoisotopic (exact) mass is 315 g/mol. The van der Waals surface area contributed by atoms with Crippen LogP contribution in [-0.2, 0) is 11.8 Å². The van der Waals surface area contributed by atoms with Crippen LogP contribution < -0.4 is 5.32 Å². The van der Waals surface area contributed by atoms with Crippen molar-refractivity contribution < 1.29 is 5.11 Å². The molecule has 4 atom stereocenters. The van der Waals surface area contributed by atoms with E-state index in [1.807, 2.05) is 6.07 Å². The first-order chi connectivity index (χ1) is 11.1. The fourth-order valence-corrected chi connectivity index (χ4v) is 5.26. The number of hydrogen-bond acceptors (Lipinski definition) is 2. The number of hydrogen-bond donors (Lipinski definition) is 2. The molecule has 0 heterocycles. The number of phenolic OH excluding ortho intramolecular Hbond substituents is 1. The summed E-state index contributed by atoms with van der Waals surface area (Å²) >= 11 is 0. The van der Waals surface area contributed by atoms with Gasteiger partial charge < -0.3 is 10.4 Å². The Balaban J connectivity index is 1.92. The Morgan fingerprint density at radius 2 is 2.17 bits per heavy atom. The Morgan fingerprint density at radius 3 is 2.96 bits per heavy atom. The molecule has 1 fully saturated rings. The second kappa shape index (κ2) is 6.84. The summed E-state index contributed by atoms with van der Waals surface area (Å²) < 4.78 is 0. The molecule has 0 aliphatic heterocycles. The van der Waals surface area contributed by atoms with E-state index in [1.165, 1.54) is 56.1 Å². The Morgan fingerprint density at radius 1 is 1.35 bits per heavy atom. The van der Waals surface area contributed by atoms with E-state index < -0.39 is 0 Å². The average molecular weight is 316 g/mol. The van der Waals surface area contributed by atoms with Crippen LogP contribution in [0.4, 0.5) is 0 Å². The van der Waals surface area contributed by atoms with E-state index in [-0.39, 0.29) is 5.41 Å². The molecule has 1 saturated carbocycles. The smallest absolute Gasteiger partial charge is 0.115 e. The van der Waals surface area contributed by atoms with Crippen LogP contribution in [0.2, 0.25) is 0 Å². The van der Waals surface area contributed by atoms with E-state index in [0.29, 0.717) is 11.8 Å². The van der Waals surface area contributed by atoms with Crippen LogP contribution in [0.15, 0.2) is 18.2 Å². The van der Waals surface area contributed by atoms with Crippen molar-refractivity contribution in [3.8, 4) is 5.75 Å². The van der Waals surface area contributed by atoms with Gasteiger partial charge in [0.2, 0.25) is 0 Å². The van der Waals surface area contributed by atoms with Gasteiger partial charge in [-0.05, 0) is 80.7 Å². The summed E-state index contributed by atoms with van der Waals surface area (Å²) in [6.07, 6.45) is 8.94. The molecular formula is C21H33NO. The minimum Gasteiger partial charge on any atom is -0.508 e. The summed E-state index contributed by atoms with van der Waals surface area (Å²) in [4.78, 5) is 0. The molecule has 0 aromatic heterocycles. The van der Waals surface area contributed by atoms with Gasteiger partial charge >= 0.3 is 0 Å². The molecule has 0 bridgehead atoms. The predicted molar refractivity (Wildman–Crippen MR) is 97.0 cm³/mol. The maximum absolute atomic E-state index is 10.1. The van der Waals surface area contributed by atoms with Gasteiger partial charge in [-0.2, -0.15) is 0 Å². The average Bonchev–Trinajstić information content (AvgIpc) is 2.56. The maximum Gasteiger partial charge on any atom is 0.115 e. The summed E-state index contributed by atoms with van der Waals surface area (Å²) in [6.45, 7) is 8.06. The number of fused-ring (bicyclic) bond motifs is 3. The van der Waals surface area contributed by atoms with E-state index in [2.05, 4.69) is 38.2 Å². The molecule has 1 aromatic rings. The van der Waals surface area contributed by atoms with Gasteiger partial charge in [-0.1, -0.05) is 32.8 Å². The van der Waals surface area contributed by atoms with Gasteiger partial charge in [-0.25, -0.2) is 0 Å². The molecule has 0 radical (unpaired) electrons. The Bertz CT molecular complexity index is 541. The number of rotatable bonds is 5. The van der Waals surface area contributed by atoms with Gasteiger partial charge in [-0.3, -0.25) is 0 Å². The van der Waals surface area contributed by atoms with E-state index in [4.69, 9.17) is 0 Å². The zero-order valence-electron chi connectivity index (χ0n) is 15.1. The van der Waals surface area contributed by atoms with Crippen LogP contribution >= 0.6 is 0 Å². The lowest BCUT2D eigenvalue weighted by molar-refractivity contribution is 0.101. The van der Waals surface area contributed by atoms with Crippen molar-refractivity contribution in [3.05, 3.63) is 29.3 Å². The molecule has 2 nitrogen and oxygen atoms in total. The number of nitrogens with one attached hydrogen (secondary N) is 1. The fraction of sp³-hybridized carbons (Fsp3) is 0.714. The number of aromatic hydroxyl groups is 1. The van der Waals surface area contributed by atoms with Crippen molar-refractivity contribution in [2.75, 3.05) is 6.54 Å². The normalized spacial score (nSPS) is 31.3. The molecule has 0 amide bonds. The van der Waals surface area contributed by atoms with Crippen molar-refractivity contribution in [1.29, 1.82) is 0 Å². The van der Waals surface area contributed by atoms with E-state index in [9.17, 15) is 5.11 Å². The van der Waals surface area contributed by atoms with Crippen LogP contribution in [0.3, 0.4) is 0 Å². The lowest BCUT2D eigenvalue weighted by Crippen LogP contribution is -2.47. The van der Waals surface area contributed by atoms with Crippen LogP contribution in [0.5, 0.6) is 5.75 Å². The SMILES string of the molecule is CC[C@@H](C)NCC[C@]12CCCC[C@H]1[C@H](C)Cc1ccc(O)cc12. The molecule has 2 N–H and O–H groups in total. The third-order valence-electron chi connectivity index (χ3n) is 6.63. The minimum atomic E-state index is 0.282. The highest BCUT2D eigenvalue weighted by molar-refractivity contribution is 5.43. The fourth-order valence-electron chi connectivity index (χ4n) is 5.26. The maximum atomic E-state index is 10.1. The Labute approximate surface area is 141 Å². The van der Waals surface area contributed by atoms with Gasteiger partial charge in [0, 0.05) is 11.5 Å². The predicted octanol–water partition coefficient (Wildman–Crippen LogP) is 4.79. The van der Waals surface area contributed by atoms with Crippen molar-refractivity contribution in [3.63, 3.8) is 0 Å². The van der Waals surface area contributed by atoms with Crippen LogP contribution in [-0.4, -0.2) is 17.7 Å². The van der Waals surface area contributed by atoms with E-state index in [0.717, 1.165) is 18.4 Å². The number of phenols is 1. The topological polar surface area (TPSA) is 32.3 Å². The van der Waals surface area contributed by atoms with Crippen molar-refractivity contribution in [2.24, 2.45) is 11.8 Å². The first-order valence-corrected chi connectivity index (χ1v) is 9.62. The summed E-state index contributed by atoms with van der Waals surface area (Å²) in [5.41, 5.74) is 3.23. The first kappa shape index (κ1) is 16.8. The van der Waals surface area contributed by atoms with Gasteiger partial charge in [0.1, 0.15) is 5.75 Å². The lowest BCUT2D eigenvalue weighted by atomic mass is 9.53. The van der Waals surface area contributed by atoms with Gasteiger partial charge in [0.25, 0.3) is 0 Å². The van der Waals surface area contributed by atoms with Gasteiger partial charge in [0.05, 0.1) is 0 Å². The molecule has 3 rings (SSSR count). The van der Waals surface area contributed by atoms with Crippen molar-refractivity contribution >= 4 is 0 Å². The summed E-state index contributed by atoms with van der Waals surface area (Å²) in [7, 11) is 0. The quantitative estimate of drug-likeness (QED) is 0.818. The van der Waals surface area contributed by atoms with Crippen LogP contribution in [0, 0.1) is 11.8 Å². The number of benzene rings is 1. The summed E-state index contributed by atoms with van der Waals surface area (Å²) in [5, 5.41) is 13.8. The molecule has 23 heavy (non-hydrogen) atoms. The summed E-state index contributed by atoms with van der Waals surface area (Å²) in [6, 6.07) is 6.73. The molecule has 2 heteroatoms. The standard InChI is InChI=1S/C21H33NO/c1-4-16(3)22-12-11-21-10-6-5-7-19(21)15(2)13-17-8-9-18(23)14-20(17)21/h8-9,14-16,19,22-23H,4-7,10-13H2,1-3H3/t15-,16-,19+,21-/m1/s1. The third kappa shape index (κ3) is 3.15. The second-order valence-electron chi connectivity index (χ2n) is 8.04. The molecule has 0 unspecified atom stereocenters. The first-order valence-electron chi connectivity index (χ1n) is 9.62. The Kier molecular flexibility index (Phi) is 5.01. The highest BCUT2D eigenvalue weighted by Gasteiger charge is 2.47. The van der Waals surface area contributed by atoms with Crippen LogP contribution in [0.1, 0.15) is 70.4 Å². The molecule has 0 saturated heterocycles. The van der Waals surface area contributed by atoms with Gasteiger partial charge in [0.15, 0.2) is 0 Å². The van der Waals surface area contributed by atoms with Gasteiger partial charge in [-0.15, -0.1) is 0 Å². The molecule has 2 aliphatic rings. The molecule has 1 aromatic carbocycles. The third-order valence-corrected chi connectivity index (χ3v) is 6.63. The second-order valence-corrected chi connectivity index (χ2v) is 8.04. The zero-order chi connectivity index (χ0) is 16.4. The van der Waals surface area contributed by atoms with Crippen molar-refractivity contribution in [2.45, 2.75) is 77.2 Å².